The lowest BCUT2D eigenvalue weighted by molar-refractivity contribution is -0.0519. The van der Waals surface area contributed by atoms with E-state index in [0.29, 0.717) is 0 Å². The Labute approximate surface area is 261 Å². The topological polar surface area (TPSA) is 267 Å². The molecule has 3 aromatic heterocycles. The van der Waals surface area contributed by atoms with Crippen LogP contribution in [0.4, 0.5) is 31.9 Å². The summed E-state index contributed by atoms with van der Waals surface area (Å²) >= 11 is -1.29. The smallest absolute Gasteiger partial charge is 0.382 e. The van der Waals surface area contributed by atoms with Crippen LogP contribution in [-0.4, -0.2) is 102 Å². The Morgan fingerprint density at radius 1 is 0.911 bits per heavy atom. The van der Waals surface area contributed by atoms with Crippen LogP contribution in [0.3, 0.4) is 0 Å². The highest BCUT2D eigenvalue weighted by Gasteiger charge is 2.54. The third-order valence-electron chi connectivity index (χ3n) is 7.18. The van der Waals surface area contributed by atoms with Gasteiger partial charge in [-0.25, -0.2) is 38.3 Å². The van der Waals surface area contributed by atoms with E-state index < -0.39 is 106 Å². The number of phosphoric acid groups is 1. The van der Waals surface area contributed by atoms with Crippen LogP contribution in [0.25, 0.3) is 11.2 Å². The van der Waals surface area contributed by atoms with Crippen molar-refractivity contribution in [2.45, 2.75) is 49.2 Å². The van der Waals surface area contributed by atoms with Gasteiger partial charge in [0.15, 0.2) is 53.6 Å². The van der Waals surface area contributed by atoms with Crippen LogP contribution >= 0.6 is 36.7 Å². The third-order valence-corrected chi connectivity index (χ3v) is 11.4. The number of ether oxygens (including phenoxy) is 3. The predicted molar refractivity (Wildman–Crippen MR) is 153 cm³/mol. The summed E-state index contributed by atoms with van der Waals surface area (Å²) in [6.07, 6.45) is -11.1. The molecule has 244 valence electrons. The second kappa shape index (κ2) is 11.7. The zero-order valence-corrected chi connectivity index (χ0v) is 26.3. The summed E-state index contributed by atoms with van der Waals surface area (Å²) in [4.78, 5) is 41.1. The van der Waals surface area contributed by atoms with Gasteiger partial charge in [-0.05, 0) is 0 Å². The lowest BCUT2D eigenvalue weighted by Gasteiger charge is -2.25. The van der Waals surface area contributed by atoms with Crippen LogP contribution in [0.15, 0.2) is 22.1 Å². The van der Waals surface area contributed by atoms with E-state index >= 15 is 8.78 Å². The molecule has 6 N–H and O–H groups in total. The number of imidazole rings is 1. The maximum Gasteiger partial charge on any atom is 0.472 e. The molecule has 4 aliphatic rings. The first-order chi connectivity index (χ1) is 21.4. The molecule has 10 atom stereocenters. The Balaban J connectivity index is 1.17. The van der Waals surface area contributed by atoms with Gasteiger partial charge in [0.05, 0.1) is 19.5 Å². The fourth-order valence-corrected chi connectivity index (χ4v) is 8.98. The molecule has 7 rings (SSSR count). The van der Waals surface area contributed by atoms with Gasteiger partial charge in [0.25, 0.3) is 0 Å². The molecule has 20 nitrogen and oxygen atoms in total. The molecule has 3 fully saturated rings. The van der Waals surface area contributed by atoms with Crippen molar-refractivity contribution in [1.82, 2.24) is 29.5 Å². The minimum absolute atomic E-state index is 0.00128. The molecule has 0 amide bonds. The molecule has 3 saturated heterocycles. The Bertz CT molecular complexity index is 1760. The van der Waals surface area contributed by atoms with Gasteiger partial charge in [-0.2, -0.15) is 3.15 Å². The Morgan fingerprint density at radius 3 is 2.47 bits per heavy atom. The van der Waals surface area contributed by atoms with Crippen molar-refractivity contribution >= 4 is 71.0 Å². The van der Waals surface area contributed by atoms with Crippen LogP contribution < -0.4 is 14.6 Å². The lowest BCUT2D eigenvalue weighted by Crippen LogP contribution is -2.38. The van der Waals surface area contributed by atoms with E-state index in [4.69, 9.17) is 39.2 Å². The minimum Gasteiger partial charge on any atom is -0.382 e. The van der Waals surface area contributed by atoms with Crippen LogP contribution in [0, 0.1) is 0 Å². The standard InChI is InChI=1S/C20H23F2IN10O10P2/c21-9-7-1-39-44(34,35)6-38-13-8(42-19(10(13)22)33-18-12(31-23-33)16(25)27-4-29-18)2-40-45(36,37)43-14(9)20(41-7)32-5-30-11-15(24)26-3-28-17(11)32/h3-5,7-10,13-14,19-20H,1-2,6H2,(H,34,35)(H,36,37)(H2,24,26,28)(H2,25,27,29)/t7-,8-,9?,10?,13?,14?,19-,20-/m1/s1. The fraction of sp³-hybridized carbons (Fsp3) is 0.550. The lowest BCUT2D eigenvalue weighted by atomic mass is 10.1. The van der Waals surface area contributed by atoms with E-state index in [9.17, 15) is 18.9 Å². The van der Waals surface area contributed by atoms with Gasteiger partial charge < -0.3 is 40.0 Å². The molecular formula is C20H23F2IN10O10P2. The minimum atomic E-state index is -5.13. The van der Waals surface area contributed by atoms with Crippen LogP contribution in [0.2, 0.25) is 0 Å². The summed E-state index contributed by atoms with van der Waals surface area (Å²) in [5.41, 5.74) is 12.2. The molecule has 3 aromatic rings. The van der Waals surface area contributed by atoms with Gasteiger partial charge in [-0.1, -0.05) is 0 Å². The molecule has 2 bridgehead atoms. The van der Waals surface area contributed by atoms with E-state index in [0.717, 1.165) is 6.33 Å². The molecule has 4 aliphatic heterocycles. The van der Waals surface area contributed by atoms with Gasteiger partial charge in [0, 0.05) is 0 Å². The van der Waals surface area contributed by atoms with Crippen molar-refractivity contribution in [3.05, 3.63) is 19.0 Å². The number of hydrogen-bond donors (Lipinski definition) is 4. The zero-order valence-electron chi connectivity index (χ0n) is 22.4. The van der Waals surface area contributed by atoms with Crippen molar-refractivity contribution < 1.29 is 55.5 Å². The number of aromatic nitrogens is 6. The molecule has 0 aliphatic carbocycles. The Kier molecular flexibility index (Phi) is 8.08. The van der Waals surface area contributed by atoms with Crippen molar-refractivity contribution in [2.24, 2.45) is 3.15 Å². The van der Waals surface area contributed by atoms with Gasteiger partial charge in [0.2, 0.25) is 0 Å². The summed E-state index contributed by atoms with van der Waals surface area (Å²) in [6, 6.07) is 0. The first-order valence-corrected chi connectivity index (χ1v) is 18.1. The highest BCUT2D eigenvalue weighted by atomic mass is 127. The van der Waals surface area contributed by atoms with Crippen LogP contribution in [-0.2, 0) is 36.9 Å². The first kappa shape index (κ1) is 31.2. The molecule has 0 saturated carbocycles. The molecule has 25 heteroatoms. The van der Waals surface area contributed by atoms with Crippen molar-refractivity contribution in [3.63, 3.8) is 0 Å². The van der Waals surface area contributed by atoms with Gasteiger partial charge in [0.1, 0.15) is 70.2 Å². The largest absolute Gasteiger partial charge is 0.472 e. The molecule has 6 unspecified atom stereocenters. The summed E-state index contributed by atoms with van der Waals surface area (Å²) in [6.45, 7) is -1.64. The van der Waals surface area contributed by atoms with Crippen molar-refractivity contribution in [1.29, 1.82) is 0 Å². The normalized spacial score (nSPS) is 38.9. The quantitative estimate of drug-likeness (QED) is 0.162. The number of nitrogens with zero attached hydrogens (tertiary/aromatic N) is 8. The second-order valence-corrected chi connectivity index (χ2v) is 15.2. The predicted octanol–water partition coefficient (Wildman–Crippen LogP) is 1.36. The average Bonchev–Trinajstić information content (AvgIpc) is 3.75. The molecule has 0 aromatic carbocycles. The Morgan fingerprint density at radius 2 is 1.64 bits per heavy atom. The van der Waals surface area contributed by atoms with E-state index in [1.165, 1.54) is 20.3 Å². The van der Waals surface area contributed by atoms with E-state index in [1.807, 2.05) is 0 Å². The van der Waals surface area contributed by atoms with Gasteiger partial charge in [-0.15, -0.1) is 0 Å². The Hall–Kier alpha value is -2.44. The zero-order chi connectivity index (χ0) is 31.7. The number of nitrogen functional groups attached to an aromatic ring is 2. The summed E-state index contributed by atoms with van der Waals surface area (Å²) in [5.74, 6) is 0.283. The van der Waals surface area contributed by atoms with E-state index in [-0.39, 0.29) is 34.3 Å². The number of hydrogen-bond acceptors (Lipinski definition) is 17. The highest BCUT2D eigenvalue weighted by molar-refractivity contribution is 14.2. The van der Waals surface area contributed by atoms with Crippen molar-refractivity contribution in [3.8, 4) is 0 Å². The van der Waals surface area contributed by atoms with Crippen molar-refractivity contribution in [2.75, 3.05) is 34.1 Å². The number of nitrogens with two attached hydrogens (primary N) is 2. The van der Waals surface area contributed by atoms with Crippen LogP contribution in [0.1, 0.15) is 6.23 Å². The summed E-state index contributed by atoms with van der Waals surface area (Å²) < 4.78 is 97.1. The molecular weight excluding hydrogens is 767 g/mol. The van der Waals surface area contributed by atoms with Crippen LogP contribution in [0.5, 0.6) is 0 Å². The second-order valence-electron chi connectivity index (χ2n) is 10.0. The number of alkyl halides is 2. The number of rotatable bonds is 2. The molecule has 0 radical (unpaired) electrons. The maximum absolute atomic E-state index is 15.9. The molecule has 45 heavy (non-hydrogen) atoms. The number of anilines is 3. The van der Waals surface area contributed by atoms with E-state index in [2.05, 4.69) is 28.1 Å². The van der Waals surface area contributed by atoms with Gasteiger partial charge in [-0.3, -0.25) is 21.3 Å². The molecule has 7 heterocycles. The summed E-state index contributed by atoms with van der Waals surface area (Å²) in [5, 5.41) is 0. The summed E-state index contributed by atoms with van der Waals surface area (Å²) in [7, 11) is -9.78. The maximum atomic E-state index is 15.9. The van der Waals surface area contributed by atoms with E-state index in [1.54, 1.807) is 0 Å². The number of phosphoric ester groups is 1. The van der Waals surface area contributed by atoms with Gasteiger partial charge >= 0.3 is 15.4 Å². The monoisotopic (exact) mass is 790 g/mol. The average molecular weight is 790 g/mol. The first-order valence-electron chi connectivity index (χ1n) is 12.9. The fourth-order valence-electron chi connectivity index (χ4n) is 5.09. The third kappa shape index (κ3) is 5.73. The SMILES string of the molecule is Nc1ncnc2c1N=IN2[C@@H]1O[C@@H]2COP(=O)(O)OC3C(F)[C@@H](COP(=O)(O)COC2C1F)O[C@H]3n1cnc2c(N)ncnc21. The number of halogens is 3. The highest BCUT2D eigenvalue weighted by Crippen LogP contribution is 2.53. The molecule has 0 spiro atoms. The number of fused-ring (bicyclic) bond motifs is 5.